The van der Waals surface area contributed by atoms with Gasteiger partial charge in [0.25, 0.3) is 0 Å². The number of benzene rings is 1. The van der Waals surface area contributed by atoms with Crippen molar-refractivity contribution in [3.05, 3.63) is 35.9 Å². The van der Waals surface area contributed by atoms with E-state index in [0.29, 0.717) is 17.5 Å². The molecular formula is C19H22N2O3. The Morgan fingerprint density at radius 2 is 1.88 bits per heavy atom. The second-order valence-electron chi connectivity index (χ2n) is 6.92. The van der Waals surface area contributed by atoms with Crippen LogP contribution in [0.5, 0.6) is 0 Å². The maximum atomic E-state index is 11.9. The Morgan fingerprint density at radius 1 is 1.12 bits per heavy atom. The van der Waals surface area contributed by atoms with Gasteiger partial charge in [0, 0.05) is 18.7 Å². The van der Waals surface area contributed by atoms with Gasteiger partial charge in [0.05, 0.1) is 0 Å². The highest BCUT2D eigenvalue weighted by Gasteiger charge is 2.35. The minimum Gasteiger partial charge on any atom is -0.477 e. The molecule has 0 radical (unpaired) electrons. The quantitative estimate of drug-likeness (QED) is 0.921. The summed E-state index contributed by atoms with van der Waals surface area (Å²) in [5.74, 6) is 1.32. The molecule has 1 saturated carbocycles. The Bertz CT molecular complexity index is 725. The van der Waals surface area contributed by atoms with Crippen LogP contribution in [-0.2, 0) is 0 Å². The van der Waals surface area contributed by atoms with Crippen LogP contribution in [-0.4, -0.2) is 29.3 Å². The molecule has 5 heteroatoms. The molecular weight excluding hydrogens is 304 g/mol. The molecule has 0 spiro atoms. The van der Waals surface area contributed by atoms with E-state index in [1.807, 2.05) is 30.3 Å². The van der Waals surface area contributed by atoms with E-state index in [-0.39, 0.29) is 5.56 Å². The fraction of sp³-hybridized carbons (Fsp3) is 0.474. The predicted molar refractivity (Wildman–Crippen MR) is 91.2 cm³/mol. The monoisotopic (exact) mass is 326 g/mol. The van der Waals surface area contributed by atoms with E-state index in [0.717, 1.165) is 31.0 Å². The zero-order chi connectivity index (χ0) is 16.5. The van der Waals surface area contributed by atoms with Gasteiger partial charge in [0.2, 0.25) is 0 Å². The Labute approximate surface area is 141 Å². The molecule has 2 atom stereocenters. The third-order valence-electron chi connectivity index (χ3n) is 5.51. The average molecular weight is 326 g/mol. The average Bonchev–Trinajstić information content (AvgIpc) is 3.07. The fourth-order valence-corrected chi connectivity index (χ4v) is 4.27. The summed E-state index contributed by atoms with van der Waals surface area (Å²) in [5, 5.41) is 13.9. The number of aromatic carboxylic acids is 1. The molecule has 1 aromatic carbocycles. The molecule has 0 bridgehead atoms. The van der Waals surface area contributed by atoms with Crippen molar-refractivity contribution in [3.63, 3.8) is 0 Å². The van der Waals surface area contributed by atoms with Crippen LogP contribution in [0.25, 0.3) is 11.3 Å². The standard InChI is InChI=1S/C19H22N2O3/c22-19(23)16-17(14-7-2-1-3-8-14)24-20-18(16)21-11-10-13-6-4-5-9-15(13)12-21/h1-3,7-8,13,15H,4-6,9-12H2,(H,22,23)/t13-,15-/m0/s1. The number of carboxylic acid groups (broad SMARTS) is 1. The van der Waals surface area contributed by atoms with Crippen LogP contribution in [0.1, 0.15) is 42.5 Å². The summed E-state index contributed by atoms with van der Waals surface area (Å²) in [6.07, 6.45) is 6.31. The first-order chi connectivity index (χ1) is 11.7. The number of aromatic nitrogens is 1. The Balaban J connectivity index is 1.66. The van der Waals surface area contributed by atoms with Crippen molar-refractivity contribution in [1.29, 1.82) is 0 Å². The van der Waals surface area contributed by atoms with Crippen LogP contribution in [0.2, 0.25) is 0 Å². The lowest BCUT2D eigenvalue weighted by atomic mass is 9.75. The van der Waals surface area contributed by atoms with Crippen molar-refractivity contribution in [2.75, 3.05) is 18.0 Å². The number of rotatable bonds is 3. The lowest BCUT2D eigenvalue weighted by molar-refractivity contribution is 0.0697. The first-order valence-electron chi connectivity index (χ1n) is 8.77. The van der Waals surface area contributed by atoms with Crippen molar-refractivity contribution in [2.24, 2.45) is 11.8 Å². The summed E-state index contributed by atoms with van der Waals surface area (Å²) in [4.78, 5) is 14.0. The smallest absolute Gasteiger partial charge is 0.343 e. The first-order valence-corrected chi connectivity index (χ1v) is 8.77. The number of anilines is 1. The highest BCUT2D eigenvalue weighted by Crippen LogP contribution is 2.39. The molecule has 5 nitrogen and oxygen atoms in total. The highest BCUT2D eigenvalue weighted by molar-refractivity contribution is 5.99. The molecule has 1 aliphatic carbocycles. The van der Waals surface area contributed by atoms with Crippen LogP contribution in [0.15, 0.2) is 34.9 Å². The molecule has 2 fully saturated rings. The summed E-state index contributed by atoms with van der Waals surface area (Å²) in [6.45, 7) is 1.76. The van der Waals surface area contributed by atoms with Crippen molar-refractivity contribution < 1.29 is 14.4 Å². The molecule has 2 heterocycles. The van der Waals surface area contributed by atoms with Crippen LogP contribution in [0, 0.1) is 11.8 Å². The Kier molecular flexibility index (Phi) is 4.00. The Morgan fingerprint density at radius 3 is 2.62 bits per heavy atom. The molecule has 0 amide bonds. The number of piperidine rings is 1. The minimum absolute atomic E-state index is 0.190. The maximum Gasteiger partial charge on any atom is 0.343 e. The minimum atomic E-state index is -0.976. The van der Waals surface area contributed by atoms with E-state index in [2.05, 4.69) is 10.1 Å². The summed E-state index contributed by atoms with van der Waals surface area (Å²) < 4.78 is 5.46. The number of carbonyl (C=O) groups is 1. The summed E-state index contributed by atoms with van der Waals surface area (Å²) in [5.41, 5.74) is 0.941. The zero-order valence-electron chi connectivity index (χ0n) is 13.6. The fourth-order valence-electron chi connectivity index (χ4n) is 4.27. The van der Waals surface area contributed by atoms with Crippen LogP contribution in [0.4, 0.5) is 5.82 Å². The predicted octanol–water partition coefficient (Wildman–Crippen LogP) is 4.06. The van der Waals surface area contributed by atoms with E-state index < -0.39 is 5.97 Å². The lowest BCUT2D eigenvalue weighted by Gasteiger charge is -2.41. The van der Waals surface area contributed by atoms with Crippen molar-refractivity contribution in [2.45, 2.75) is 32.1 Å². The molecule has 126 valence electrons. The molecule has 0 unspecified atom stereocenters. The second-order valence-corrected chi connectivity index (χ2v) is 6.92. The number of nitrogens with zero attached hydrogens (tertiary/aromatic N) is 2. The van der Waals surface area contributed by atoms with Gasteiger partial charge in [-0.05, 0) is 24.7 Å². The highest BCUT2D eigenvalue weighted by atomic mass is 16.5. The third-order valence-corrected chi connectivity index (χ3v) is 5.51. The van der Waals surface area contributed by atoms with Crippen LogP contribution >= 0.6 is 0 Å². The molecule has 2 aromatic rings. The van der Waals surface area contributed by atoms with E-state index in [4.69, 9.17) is 4.52 Å². The van der Waals surface area contributed by atoms with Gasteiger partial charge in [-0.25, -0.2) is 4.79 Å². The number of carboxylic acids is 1. The van der Waals surface area contributed by atoms with Crippen LogP contribution in [0.3, 0.4) is 0 Å². The number of hydrogen-bond acceptors (Lipinski definition) is 4. The summed E-state index contributed by atoms with van der Waals surface area (Å²) in [6, 6.07) is 9.34. The summed E-state index contributed by atoms with van der Waals surface area (Å²) >= 11 is 0. The Hall–Kier alpha value is -2.30. The molecule has 2 aliphatic rings. The first kappa shape index (κ1) is 15.2. The topological polar surface area (TPSA) is 66.6 Å². The third kappa shape index (κ3) is 2.68. The summed E-state index contributed by atoms with van der Waals surface area (Å²) in [7, 11) is 0. The maximum absolute atomic E-state index is 11.9. The molecule has 4 rings (SSSR count). The second kappa shape index (κ2) is 6.30. The van der Waals surface area contributed by atoms with Crippen LogP contribution < -0.4 is 4.90 Å². The van der Waals surface area contributed by atoms with Gasteiger partial charge in [0.1, 0.15) is 0 Å². The molecule has 1 N–H and O–H groups in total. The van der Waals surface area contributed by atoms with E-state index in [9.17, 15) is 9.90 Å². The largest absolute Gasteiger partial charge is 0.477 e. The van der Waals surface area contributed by atoms with Crippen molar-refractivity contribution >= 4 is 11.8 Å². The zero-order valence-corrected chi connectivity index (χ0v) is 13.6. The number of hydrogen-bond donors (Lipinski definition) is 1. The van der Waals surface area contributed by atoms with E-state index >= 15 is 0 Å². The molecule has 1 aliphatic heterocycles. The van der Waals surface area contributed by atoms with Gasteiger partial charge < -0.3 is 14.5 Å². The normalized spacial score (nSPS) is 23.8. The van der Waals surface area contributed by atoms with E-state index in [1.54, 1.807) is 0 Å². The van der Waals surface area contributed by atoms with Gasteiger partial charge in [0.15, 0.2) is 17.1 Å². The lowest BCUT2D eigenvalue weighted by Crippen LogP contribution is -2.42. The molecule has 24 heavy (non-hydrogen) atoms. The molecule has 1 aromatic heterocycles. The van der Waals surface area contributed by atoms with Gasteiger partial charge in [-0.1, -0.05) is 54.8 Å². The number of fused-ring (bicyclic) bond motifs is 1. The van der Waals surface area contributed by atoms with Gasteiger partial charge in [-0.15, -0.1) is 0 Å². The SMILES string of the molecule is O=C(O)c1c(N2CC[C@@H]3CCCC[C@H]3C2)noc1-c1ccccc1. The van der Waals surface area contributed by atoms with Gasteiger partial charge in [-0.3, -0.25) is 0 Å². The van der Waals surface area contributed by atoms with Gasteiger partial charge >= 0.3 is 5.97 Å². The molecule has 1 saturated heterocycles. The van der Waals surface area contributed by atoms with Crippen molar-refractivity contribution in [3.8, 4) is 11.3 Å². The van der Waals surface area contributed by atoms with Gasteiger partial charge in [-0.2, -0.15) is 0 Å². The van der Waals surface area contributed by atoms with E-state index in [1.165, 1.54) is 25.7 Å². The van der Waals surface area contributed by atoms with Crippen molar-refractivity contribution in [1.82, 2.24) is 5.16 Å².